The highest BCUT2D eigenvalue weighted by Gasteiger charge is 2.17. The molecular weight excluding hydrogens is 284 g/mol. The molecule has 6 heteroatoms. The maximum atomic E-state index is 11.2. The van der Waals surface area contributed by atoms with Gasteiger partial charge in [0.1, 0.15) is 5.44 Å². The summed E-state index contributed by atoms with van der Waals surface area (Å²) in [6, 6.07) is 0. The largest absolute Gasteiger partial charge is 0.473 e. The zero-order valence-corrected chi connectivity index (χ0v) is 13.5. The van der Waals surface area contributed by atoms with Crippen LogP contribution >= 0.6 is 23.5 Å². The summed E-state index contributed by atoms with van der Waals surface area (Å²) < 4.78 is 10.0. The molecular formula is C13H24O4S2. The molecule has 0 aliphatic heterocycles. The van der Waals surface area contributed by atoms with Crippen LogP contribution in [0, 0.1) is 0 Å². The van der Waals surface area contributed by atoms with E-state index in [-0.39, 0.29) is 17.8 Å². The van der Waals surface area contributed by atoms with Crippen LogP contribution in [0.5, 0.6) is 0 Å². The maximum absolute atomic E-state index is 11.2. The molecule has 4 nitrogen and oxygen atoms in total. The van der Waals surface area contributed by atoms with Gasteiger partial charge in [0.2, 0.25) is 0 Å². The van der Waals surface area contributed by atoms with E-state index < -0.39 is 5.97 Å². The predicted octanol–water partition coefficient (Wildman–Crippen LogP) is 2.66. The van der Waals surface area contributed by atoms with Gasteiger partial charge < -0.3 is 14.6 Å². The molecule has 0 saturated carbocycles. The van der Waals surface area contributed by atoms with Gasteiger partial charge in [0.15, 0.2) is 5.76 Å². The molecule has 1 N–H and O–H groups in total. The second-order valence-corrected chi connectivity index (χ2v) is 6.72. The molecule has 2 atom stereocenters. The Morgan fingerprint density at radius 2 is 2.16 bits per heavy atom. The monoisotopic (exact) mass is 308 g/mol. The SMILES string of the molecule is C=C(OC(CC)SC(C)CSCCCO)C(=O)OC. The van der Waals surface area contributed by atoms with Crippen molar-refractivity contribution < 1.29 is 19.4 Å². The van der Waals surface area contributed by atoms with E-state index in [9.17, 15) is 4.79 Å². The van der Waals surface area contributed by atoms with Gasteiger partial charge in [-0.3, -0.25) is 0 Å². The highest BCUT2D eigenvalue weighted by molar-refractivity contribution is 8.03. The third-order valence-electron chi connectivity index (χ3n) is 2.20. The molecule has 112 valence electrons. The van der Waals surface area contributed by atoms with Crippen LogP contribution in [0.1, 0.15) is 26.7 Å². The minimum atomic E-state index is -0.524. The van der Waals surface area contributed by atoms with Gasteiger partial charge in [-0.1, -0.05) is 13.8 Å². The van der Waals surface area contributed by atoms with E-state index in [4.69, 9.17) is 9.84 Å². The lowest BCUT2D eigenvalue weighted by Crippen LogP contribution is -2.17. The van der Waals surface area contributed by atoms with E-state index in [2.05, 4.69) is 18.2 Å². The number of esters is 1. The van der Waals surface area contributed by atoms with Crippen LogP contribution < -0.4 is 0 Å². The fraction of sp³-hybridized carbons (Fsp3) is 0.769. The van der Waals surface area contributed by atoms with Crippen LogP contribution in [0.25, 0.3) is 0 Å². The highest BCUT2D eigenvalue weighted by atomic mass is 32.2. The van der Waals surface area contributed by atoms with Gasteiger partial charge >= 0.3 is 5.97 Å². The molecule has 19 heavy (non-hydrogen) atoms. The average Bonchev–Trinajstić information content (AvgIpc) is 2.41. The third kappa shape index (κ3) is 9.24. The van der Waals surface area contributed by atoms with Crippen molar-refractivity contribution in [3.63, 3.8) is 0 Å². The number of aliphatic hydroxyl groups is 1. The Hall–Kier alpha value is -0.330. The lowest BCUT2D eigenvalue weighted by atomic mass is 10.5. The fourth-order valence-corrected chi connectivity index (χ4v) is 3.56. The van der Waals surface area contributed by atoms with Crippen LogP contribution in [0.3, 0.4) is 0 Å². The zero-order chi connectivity index (χ0) is 14.7. The van der Waals surface area contributed by atoms with Crippen molar-refractivity contribution in [2.24, 2.45) is 0 Å². The second kappa shape index (κ2) is 11.5. The number of thioether (sulfide) groups is 2. The Labute approximate surface area is 124 Å². The lowest BCUT2D eigenvalue weighted by molar-refractivity contribution is -0.140. The topological polar surface area (TPSA) is 55.8 Å². The molecule has 0 rings (SSSR count). The Balaban J connectivity index is 3.96. The van der Waals surface area contributed by atoms with Gasteiger partial charge in [-0.25, -0.2) is 4.79 Å². The maximum Gasteiger partial charge on any atom is 0.372 e. The standard InChI is InChI=1S/C13H24O4S2/c1-5-12(17-11(3)13(15)16-4)19-10(2)9-18-8-6-7-14/h10,12,14H,3,5-9H2,1-2,4H3. The van der Waals surface area contributed by atoms with Crippen molar-refractivity contribution in [3.05, 3.63) is 12.3 Å². The van der Waals surface area contributed by atoms with E-state index >= 15 is 0 Å². The first-order valence-corrected chi connectivity index (χ1v) is 8.42. The summed E-state index contributed by atoms with van der Waals surface area (Å²) in [5.74, 6) is 1.49. The van der Waals surface area contributed by atoms with E-state index in [0.29, 0.717) is 5.25 Å². The molecule has 0 amide bonds. The van der Waals surface area contributed by atoms with Crippen molar-refractivity contribution in [2.75, 3.05) is 25.2 Å². The van der Waals surface area contributed by atoms with Gasteiger partial charge in [0.25, 0.3) is 0 Å². The Kier molecular flexibility index (Phi) is 11.3. The number of aliphatic hydroxyl groups excluding tert-OH is 1. The van der Waals surface area contributed by atoms with Crippen LogP contribution in [-0.4, -0.2) is 47.0 Å². The van der Waals surface area contributed by atoms with Crippen molar-refractivity contribution in [2.45, 2.75) is 37.4 Å². The molecule has 0 radical (unpaired) electrons. The molecule has 0 aromatic rings. The van der Waals surface area contributed by atoms with E-state index in [1.54, 1.807) is 11.8 Å². The minimum Gasteiger partial charge on any atom is -0.473 e. The molecule has 0 aliphatic carbocycles. The summed E-state index contributed by atoms with van der Waals surface area (Å²) in [5, 5.41) is 9.11. The molecule has 0 bridgehead atoms. The predicted molar refractivity (Wildman–Crippen MR) is 82.4 cm³/mol. The molecule has 0 heterocycles. The van der Waals surface area contributed by atoms with Crippen LogP contribution in [-0.2, 0) is 14.3 Å². The number of carbonyl (C=O) groups is 1. The Morgan fingerprint density at radius 3 is 2.68 bits per heavy atom. The smallest absolute Gasteiger partial charge is 0.372 e. The first kappa shape index (κ1) is 18.7. The molecule has 0 aromatic heterocycles. The zero-order valence-electron chi connectivity index (χ0n) is 11.9. The van der Waals surface area contributed by atoms with Gasteiger partial charge in [0.05, 0.1) is 7.11 Å². The first-order chi connectivity index (χ1) is 9.04. The number of methoxy groups -OCH3 is 1. The van der Waals surface area contributed by atoms with Crippen LogP contribution in [0.15, 0.2) is 12.3 Å². The lowest BCUT2D eigenvalue weighted by Gasteiger charge is -2.21. The molecule has 0 spiro atoms. The van der Waals surface area contributed by atoms with Gasteiger partial charge in [-0.2, -0.15) is 11.8 Å². The summed E-state index contributed by atoms with van der Waals surface area (Å²) in [4.78, 5) is 11.2. The Bertz CT molecular complexity index is 271. The van der Waals surface area contributed by atoms with Crippen LogP contribution in [0.4, 0.5) is 0 Å². The van der Waals surface area contributed by atoms with Gasteiger partial charge in [-0.05, 0) is 25.2 Å². The second-order valence-electron chi connectivity index (χ2n) is 3.97. The van der Waals surface area contributed by atoms with Crippen molar-refractivity contribution >= 4 is 29.5 Å². The molecule has 2 unspecified atom stereocenters. The fourth-order valence-electron chi connectivity index (χ4n) is 1.24. The first-order valence-electron chi connectivity index (χ1n) is 6.33. The van der Waals surface area contributed by atoms with Crippen LogP contribution in [0.2, 0.25) is 0 Å². The van der Waals surface area contributed by atoms with E-state index in [1.807, 2.05) is 18.7 Å². The molecule has 0 aliphatic rings. The highest BCUT2D eigenvalue weighted by Crippen LogP contribution is 2.26. The van der Waals surface area contributed by atoms with Gasteiger partial charge in [0, 0.05) is 17.6 Å². The molecule has 0 aromatic carbocycles. The summed E-state index contributed by atoms with van der Waals surface area (Å²) in [7, 11) is 1.31. The van der Waals surface area contributed by atoms with E-state index in [0.717, 1.165) is 24.3 Å². The normalized spacial score (nSPS) is 13.7. The van der Waals surface area contributed by atoms with Crippen molar-refractivity contribution in [3.8, 4) is 0 Å². The molecule has 0 fully saturated rings. The van der Waals surface area contributed by atoms with Gasteiger partial charge in [-0.15, -0.1) is 11.8 Å². The number of rotatable bonds is 11. The Morgan fingerprint density at radius 1 is 1.47 bits per heavy atom. The third-order valence-corrected chi connectivity index (χ3v) is 5.09. The van der Waals surface area contributed by atoms with Crippen molar-refractivity contribution in [1.82, 2.24) is 0 Å². The number of carbonyl (C=O) groups excluding carboxylic acids is 1. The van der Waals surface area contributed by atoms with Crippen molar-refractivity contribution in [1.29, 1.82) is 0 Å². The average molecular weight is 308 g/mol. The molecule has 0 saturated heterocycles. The number of ether oxygens (including phenoxy) is 2. The summed E-state index contributed by atoms with van der Waals surface area (Å²) in [6.45, 7) is 7.94. The number of hydrogen-bond donors (Lipinski definition) is 1. The summed E-state index contributed by atoms with van der Waals surface area (Å²) in [6.07, 6.45) is 1.63. The van der Waals surface area contributed by atoms with E-state index in [1.165, 1.54) is 7.11 Å². The summed E-state index contributed by atoms with van der Waals surface area (Å²) >= 11 is 3.50. The minimum absolute atomic E-state index is 0.0574. The summed E-state index contributed by atoms with van der Waals surface area (Å²) in [5.41, 5.74) is -0.0833. The quantitative estimate of drug-likeness (QED) is 0.208. The number of hydrogen-bond acceptors (Lipinski definition) is 6.